The van der Waals surface area contributed by atoms with Gasteiger partial charge in [0.2, 0.25) is 0 Å². The number of aromatic nitrogens is 3. The minimum Gasteiger partial charge on any atom is -0.356 e. The molecule has 1 heterocycles. The van der Waals surface area contributed by atoms with Crippen molar-refractivity contribution in [3.05, 3.63) is 83.9 Å². The molecule has 0 aliphatic carbocycles. The van der Waals surface area contributed by atoms with Crippen molar-refractivity contribution in [3.63, 3.8) is 0 Å². The zero-order valence-corrected chi connectivity index (χ0v) is 18.6. The molecule has 0 aliphatic heterocycles. The largest absolute Gasteiger partial charge is 0.356 e. The van der Waals surface area contributed by atoms with Gasteiger partial charge in [0.25, 0.3) is 0 Å². The number of halogens is 1. The number of aliphatic imine (C=N–C) groups is 1. The first-order valence-electron chi connectivity index (χ1n) is 9.15. The van der Waals surface area contributed by atoms with Gasteiger partial charge >= 0.3 is 0 Å². The first kappa shape index (κ1) is 21.9. The third kappa shape index (κ3) is 6.05. The zero-order valence-electron chi connectivity index (χ0n) is 16.2. The summed E-state index contributed by atoms with van der Waals surface area (Å²) in [7, 11) is 3.70. The van der Waals surface area contributed by atoms with Crippen molar-refractivity contribution in [3.8, 4) is 0 Å². The van der Waals surface area contributed by atoms with Crippen LogP contribution >= 0.6 is 24.0 Å². The van der Waals surface area contributed by atoms with E-state index in [0.29, 0.717) is 12.5 Å². The van der Waals surface area contributed by atoms with Crippen LogP contribution < -0.4 is 10.6 Å². The lowest BCUT2D eigenvalue weighted by molar-refractivity contribution is 0.670. The molecule has 3 aromatic rings. The zero-order chi connectivity index (χ0) is 18.9. The second kappa shape index (κ2) is 11.4. The van der Waals surface area contributed by atoms with Crippen molar-refractivity contribution >= 4 is 29.9 Å². The molecule has 0 amide bonds. The monoisotopic (exact) mass is 490 g/mol. The van der Waals surface area contributed by atoms with Crippen LogP contribution in [0.1, 0.15) is 29.3 Å². The minimum atomic E-state index is 0. The number of rotatable bonds is 7. The quantitative estimate of drug-likeness (QED) is 0.303. The molecule has 0 unspecified atom stereocenters. The highest BCUT2D eigenvalue weighted by atomic mass is 127. The highest BCUT2D eigenvalue weighted by molar-refractivity contribution is 14.0. The van der Waals surface area contributed by atoms with E-state index in [4.69, 9.17) is 0 Å². The van der Waals surface area contributed by atoms with Gasteiger partial charge < -0.3 is 15.2 Å². The van der Waals surface area contributed by atoms with Crippen LogP contribution in [-0.4, -0.2) is 34.3 Å². The first-order chi connectivity index (χ1) is 13.3. The Morgan fingerprint density at radius 3 is 2.11 bits per heavy atom. The third-order valence-electron chi connectivity index (χ3n) is 4.57. The van der Waals surface area contributed by atoms with Gasteiger partial charge in [0.1, 0.15) is 6.33 Å². The molecule has 148 valence electrons. The van der Waals surface area contributed by atoms with Gasteiger partial charge in [-0.15, -0.1) is 34.2 Å². The van der Waals surface area contributed by atoms with Crippen LogP contribution in [0.25, 0.3) is 0 Å². The predicted octanol–water partition coefficient (Wildman–Crippen LogP) is 3.32. The molecule has 7 heteroatoms. The van der Waals surface area contributed by atoms with E-state index in [9.17, 15) is 0 Å². The summed E-state index contributed by atoms with van der Waals surface area (Å²) in [6.45, 7) is 1.39. The Balaban J connectivity index is 0.00000280. The topological polar surface area (TPSA) is 67.1 Å². The van der Waals surface area contributed by atoms with E-state index in [2.05, 4.69) is 86.5 Å². The van der Waals surface area contributed by atoms with Gasteiger partial charge in [-0.3, -0.25) is 4.99 Å². The second-order valence-electron chi connectivity index (χ2n) is 6.37. The number of nitrogens with one attached hydrogen (secondary N) is 2. The lowest BCUT2D eigenvalue weighted by Crippen LogP contribution is -2.38. The average Bonchev–Trinajstić information content (AvgIpc) is 3.13. The molecule has 0 bridgehead atoms. The normalized spacial score (nSPS) is 11.2. The summed E-state index contributed by atoms with van der Waals surface area (Å²) >= 11 is 0. The smallest absolute Gasteiger partial charge is 0.191 e. The fourth-order valence-corrected chi connectivity index (χ4v) is 3.08. The standard InChI is InChI=1S/C21H26N6.HI/c1-22-21(24-15-20-26-25-16-27(20)2)23-14-13-19(17-9-5-3-6-10-17)18-11-7-4-8-12-18;/h3-12,16,19H,13-15H2,1-2H3,(H2,22,23,24);1H. The molecule has 0 saturated carbocycles. The van der Waals surface area contributed by atoms with Gasteiger partial charge in [0.05, 0.1) is 6.54 Å². The summed E-state index contributed by atoms with van der Waals surface area (Å²) in [5.41, 5.74) is 2.65. The molecule has 0 atom stereocenters. The van der Waals surface area contributed by atoms with Crippen molar-refractivity contribution in [2.75, 3.05) is 13.6 Å². The van der Waals surface area contributed by atoms with Gasteiger partial charge in [-0.25, -0.2) is 0 Å². The third-order valence-corrected chi connectivity index (χ3v) is 4.57. The summed E-state index contributed by atoms with van der Waals surface area (Å²) < 4.78 is 1.89. The lowest BCUT2D eigenvalue weighted by Gasteiger charge is -2.19. The number of nitrogens with zero attached hydrogens (tertiary/aromatic N) is 4. The van der Waals surface area contributed by atoms with Crippen LogP contribution in [0, 0.1) is 0 Å². The Hall–Kier alpha value is -2.42. The van der Waals surface area contributed by atoms with Gasteiger partial charge in [-0.2, -0.15) is 0 Å². The van der Waals surface area contributed by atoms with E-state index < -0.39 is 0 Å². The van der Waals surface area contributed by atoms with E-state index in [1.54, 1.807) is 13.4 Å². The number of guanidine groups is 1. The Labute approximate surface area is 183 Å². The molecule has 0 radical (unpaired) electrons. The second-order valence-corrected chi connectivity index (χ2v) is 6.37. The molecule has 0 aliphatic rings. The van der Waals surface area contributed by atoms with Crippen LogP contribution in [0.5, 0.6) is 0 Å². The highest BCUT2D eigenvalue weighted by Gasteiger charge is 2.13. The maximum atomic E-state index is 4.30. The Morgan fingerprint density at radius 1 is 1.00 bits per heavy atom. The van der Waals surface area contributed by atoms with Gasteiger partial charge in [0.15, 0.2) is 11.8 Å². The lowest BCUT2D eigenvalue weighted by atomic mass is 9.88. The van der Waals surface area contributed by atoms with E-state index >= 15 is 0 Å². The maximum Gasteiger partial charge on any atom is 0.191 e. The SMILES string of the molecule is CN=C(NCCC(c1ccccc1)c1ccccc1)NCc1nncn1C.I. The molecule has 1 aromatic heterocycles. The van der Waals surface area contributed by atoms with Crippen LogP contribution in [0.15, 0.2) is 72.0 Å². The van der Waals surface area contributed by atoms with Crippen molar-refractivity contribution < 1.29 is 0 Å². The van der Waals surface area contributed by atoms with Gasteiger partial charge in [0, 0.05) is 26.6 Å². The Morgan fingerprint density at radius 2 is 1.61 bits per heavy atom. The fraction of sp³-hybridized carbons (Fsp3) is 0.286. The summed E-state index contributed by atoms with van der Waals surface area (Å²) in [6.07, 6.45) is 2.66. The van der Waals surface area contributed by atoms with Crippen molar-refractivity contribution in [1.29, 1.82) is 0 Å². The number of benzene rings is 2. The van der Waals surface area contributed by atoms with Crippen LogP contribution in [-0.2, 0) is 13.6 Å². The molecule has 2 N–H and O–H groups in total. The molecule has 6 nitrogen and oxygen atoms in total. The van der Waals surface area contributed by atoms with E-state index in [0.717, 1.165) is 24.7 Å². The Bertz CT molecular complexity index is 808. The fourth-order valence-electron chi connectivity index (χ4n) is 3.08. The number of aryl methyl sites for hydroxylation is 1. The van der Waals surface area contributed by atoms with Crippen molar-refractivity contribution in [2.24, 2.45) is 12.0 Å². The molecular formula is C21H27IN6. The number of hydrogen-bond acceptors (Lipinski definition) is 3. The molecule has 3 rings (SSSR count). The molecule has 0 fully saturated rings. The summed E-state index contributed by atoms with van der Waals surface area (Å²) in [4.78, 5) is 4.30. The molecule has 0 spiro atoms. The average molecular weight is 490 g/mol. The van der Waals surface area contributed by atoms with Crippen LogP contribution in [0.3, 0.4) is 0 Å². The van der Waals surface area contributed by atoms with Crippen LogP contribution in [0.4, 0.5) is 0 Å². The summed E-state index contributed by atoms with van der Waals surface area (Å²) in [5.74, 6) is 1.97. The maximum absolute atomic E-state index is 4.30. The molecule has 0 saturated heterocycles. The first-order valence-corrected chi connectivity index (χ1v) is 9.15. The Kier molecular flexibility index (Phi) is 8.93. The summed E-state index contributed by atoms with van der Waals surface area (Å²) in [5, 5.41) is 14.7. The molecular weight excluding hydrogens is 463 g/mol. The van der Waals surface area contributed by atoms with E-state index in [1.807, 2.05) is 11.6 Å². The van der Waals surface area contributed by atoms with Gasteiger partial charge in [-0.1, -0.05) is 60.7 Å². The molecule has 28 heavy (non-hydrogen) atoms. The predicted molar refractivity (Wildman–Crippen MR) is 124 cm³/mol. The van der Waals surface area contributed by atoms with Gasteiger partial charge in [-0.05, 0) is 17.5 Å². The minimum absolute atomic E-state index is 0. The van der Waals surface area contributed by atoms with Crippen molar-refractivity contribution in [1.82, 2.24) is 25.4 Å². The highest BCUT2D eigenvalue weighted by Crippen LogP contribution is 2.27. The number of hydrogen-bond donors (Lipinski definition) is 2. The van der Waals surface area contributed by atoms with E-state index in [1.165, 1.54) is 11.1 Å². The van der Waals surface area contributed by atoms with Crippen LogP contribution in [0.2, 0.25) is 0 Å². The van der Waals surface area contributed by atoms with Crippen molar-refractivity contribution in [2.45, 2.75) is 18.9 Å². The molecule has 2 aromatic carbocycles. The van der Waals surface area contributed by atoms with E-state index in [-0.39, 0.29) is 24.0 Å². The summed E-state index contributed by atoms with van der Waals surface area (Å²) in [6, 6.07) is 21.3.